The van der Waals surface area contributed by atoms with Crippen molar-refractivity contribution in [1.29, 1.82) is 0 Å². The highest BCUT2D eigenvalue weighted by molar-refractivity contribution is 7.25. The summed E-state index contributed by atoms with van der Waals surface area (Å²) in [4.78, 5) is 8.45. The molecule has 0 aliphatic heterocycles. The van der Waals surface area contributed by atoms with Crippen LogP contribution in [0.2, 0.25) is 0 Å². The molecular formula is C42H24N4S. The predicted molar refractivity (Wildman–Crippen MR) is 198 cm³/mol. The fourth-order valence-electron chi connectivity index (χ4n) is 7.34. The van der Waals surface area contributed by atoms with Crippen LogP contribution in [0.15, 0.2) is 146 Å². The average Bonchev–Trinajstić information content (AvgIpc) is 3.78. The molecule has 0 radical (unpaired) electrons. The quantitative estimate of drug-likeness (QED) is 0.181. The molecule has 0 bridgehead atoms. The Labute approximate surface area is 273 Å². The van der Waals surface area contributed by atoms with Crippen molar-refractivity contribution in [2.45, 2.75) is 0 Å². The van der Waals surface area contributed by atoms with Gasteiger partial charge in [0.15, 0.2) is 5.69 Å². The van der Waals surface area contributed by atoms with E-state index >= 15 is 0 Å². The summed E-state index contributed by atoms with van der Waals surface area (Å²) in [5, 5.41) is 7.36. The van der Waals surface area contributed by atoms with Gasteiger partial charge < -0.3 is 9.13 Å². The first kappa shape index (κ1) is 26.0. The largest absolute Gasteiger partial charge is 0.310 e. The van der Waals surface area contributed by atoms with Crippen LogP contribution in [-0.4, -0.2) is 14.1 Å². The normalized spacial score (nSPS) is 11.8. The van der Waals surface area contributed by atoms with Crippen molar-refractivity contribution in [3.8, 4) is 22.5 Å². The third-order valence-electron chi connectivity index (χ3n) is 9.37. The van der Waals surface area contributed by atoms with E-state index in [4.69, 9.17) is 6.57 Å². The van der Waals surface area contributed by atoms with Gasteiger partial charge in [0.05, 0.1) is 34.8 Å². The number of aromatic nitrogens is 3. The van der Waals surface area contributed by atoms with E-state index in [0.29, 0.717) is 5.69 Å². The summed E-state index contributed by atoms with van der Waals surface area (Å²) in [6.45, 7) is 8.00. The van der Waals surface area contributed by atoms with E-state index in [1.54, 1.807) is 0 Å². The molecule has 4 heterocycles. The second kappa shape index (κ2) is 9.89. The number of fused-ring (bicyclic) bond motifs is 9. The van der Waals surface area contributed by atoms with Crippen LogP contribution in [0.3, 0.4) is 0 Å². The summed E-state index contributed by atoms with van der Waals surface area (Å²) in [6.07, 6.45) is 3.85. The van der Waals surface area contributed by atoms with Crippen LogP contribution in [0.1, 0.15) is 0 Å². The van der Waals surface area contributed by atoms with E-state index in [1.165, 1.54) is 41.7 Å². The molecule has 0 N–H and O–H groups in total. The molecule has 0 amide bonds. The summed E-state index contributed by atoms with van der Waals surface area (Å²) in [5.74, 6) is 0. The molecule has 0 fully saturated rings. The van der Waals surface area contributed by atoms with Crippen LogP contribution >= 0.6 is 11.3 Å². The van der Waals surface area contributed by atoms with Crippen LogP contribution in [0.4, 0.5) is 5.69 Å². The van der Waals surface area contributed by atoms with Gasteiger partial charge in [0.1, 0.15) is 0 Å². The van der Waals surface area contributed by atoms with Crippen molar-refractivity contribution in [1.82, 2.24) is 14.1 Å². The second-order valence-corrected chi connectivity index (χ2v) is 13.0. The van der Waals surface area contributed by atoms with E-state index in [-0.39, 0.29) is 0 Å². The molecule has 0 spiro atoms. The lowest BCUT2D eigenvalue weighted by Gasteiger charge is -2.13. The molecule has 10 aromatic rings. The summed E-state index contributed by atoms with van der Waals surface area (Å²) >= 11 is 1.84. The zero-order chi connectivity index (χ0) is 31.1. The lowest BCUT2D eigenvalue weighted by Crippen LogP contribution is -1.96. The predicted octanol–water partition coefficient (Wildman–Crippen LogP) is 11.9. The number of hydrogen-bond acceptors (Lipinski definition) is 2. The van der Waals surface area contributed by atoms with Gasteiger partial charge in [-0.05, 0) is 77.9 Å². The monoisotopic (exact) mass is 616 g/mol. The zero-order valence-electron chi connectivity index (χ0n) is 25.1. The molecule has 4 aromatic heterocycles. The van der Waals surface area contributed by atoms with E-state index < -0.39 is 0 Å². The average molecular weight is 617 g/mol. The van der Waals surface area contributed by atoms with Crippen molar-refractivity contribution in [3.63, 3.8) is 0 Å². The van der Waals surface area contributed by atoms with Gasteiger partial charge in [-0.3, -0.25) is 4.98 Å². The van der Waals surface area contributed by atoms with E-state index in [9.17, 15) is 0 Å². The zero-order valence-corrected chi connectivity index (χ0v) is 25.9. The Kier molecular flexibility index (Phi) is 5.48. The summed E-state index contributed by atoms with van der Waals surface area (Å²) in [6, 6.07) is 47.3. The van der Waals surface area contributed by atoms with Gasteiger partial charge in [0, 0.05) is 59.3 Å². The standard InChI is InChI=1S/C42H24N4S/c1-43-28-19-27(21-30(22-28)46-37-14-5-2-11-31(37)32-12-3-6-15-38(32)46)26-9-8-10-29(20-26)45-39-23-36-34-13-4-7-16-41(34)47-42(36)24-35(39)33-17-18-44-25-40(33)45/h2-25H. The Morgan fingerprint density at radius 2 is 1.19 bits per heavy atom. The lowest BCUT2D eigenvalue weighted by atomic mass is 10.0. The fourth-order valence-corrected chi connectivity index (χ4v) is 8.47. The van der Waals surface area contributed by atoms with E-state index in [0.717, 1.165) is 44.6 Å². The molecule has 0 atom stereocenters. The number of rotatable bonds is 3. The van der Waals surface area contributed by atoms with Crippen molar-refractivity contribution >= 4 is 80.8 Å². The van der Waals surface area contributed by atoms with Gasteiger partial charge in [-0.25, -0.2) is 4.85 Å². The molecule has 0 aliphatic carbocycles. The molecule has 4 nitrogen and oxygen atoms in total. The highest BCUT2D eigenvalue weighted by atomic mass is 32.1. The van der Waals surface area contributed by atoms with Gasteiger partial charge in [0.2, 0.25) is 0 Å². The van der Waals surface area contributed by atoms with Crippen LogP contribution in [0.5, 0.6) is 0 Å². The molecule has 47 heavy (non-hydrogen) atoms. The van der Waals surface area contributed by atoms with E-state index in [2.05, 4.69) is 140 Å². The number of hydrogen-bond donors (Lipinski definition) is 0. The topological polar surface area (TPSA) is 27.1 Å². The molecular weight excluding hydrogens is 593 g/mol. The SMILES string of the molecule is [C-]#[N+]c1cc(-c2cccc(-n3c4cnccc4c4cc5sc6ccccc6c5cc43)c2)cc(-n2c3ccccc3c3ccccc32)c1. The number of para-hydroxylation sites is 2. The number of benzene rings is 6. The second-order valence-electron chi connectivity index (χ2n) is 12.0. The minimum Gasteiger partial charge on any atom is -0.310 e. The Bertz CT molecular complexity index is 2880. The Morgan fingerprint density at radius 3 is 2.00 bits per heavy atom. The molecule has 0 unspecified atom stereocenters. The summed E-state index contributed by atoms with van der Waals surface area (Å²) in [5.41, 5.74) is 9.17. The fraction of sp³-hybridized carbons (Fsp3) is 0. The van der Waals surface area contributed by atoms with Crippen molar-refractivity contribution in [3.05, 3.63) is 157 Å². The van der Waals surface area contributed by atoms with Gasteiger partial charge in [-0.2, -0.15) is 0 Å². The van der Waals surface area contributed by atoms with Crippen LogP contribution < -0.4 is 0 Å². The van der Waals surface area contributed by atoms with Crippen LogP contribution in [-0.2, 0) is 0 Å². The maximum atomic E-state index is 8.00. The number of pyridine rings is 1. The van der Waals surface area contributed by atoms with Crippen LogP contribution in [0.25, 0.3) is 91.1 Å². The van der Waals surface area contributed by atoms with Gasteiger partial charge in [0.25, 0.3) is 0 Å². The summed E-state index contributed by atoms with van der Waals surface area (Å²) in [7, 11) is 0. The van der Waals surface area contributed by atoms with Crippen molar-refractivity contribution in [2.24, 2.45) is 0 Å². The smallest absolute Gasteiger partial charge is 0.189 e. The summed E-state index contributed by atoms with van der Waals surface area (Å²) < 4.78 is 7.20. The highest BCUT2D eigenvalue weighted by Gasteiger charge is 2.17. The molecule has 0 saturated carbocycles. The first-order valence-corrected chi connectivity index (χ1v) is 16.4. The Hall–Kier alpha value is -6.22. The van der Waals surface area contributed by atoms with Crippen LogP contribution in [0, 0.1) is 6.57 Å². The van der Waals surface area contributed by atoms with Crippen molar-refractivity contribution in [2.75, 3.05) is 0 Å². The minimum absolute atomic E-state index is 0.609. The first-order chi connectivity index (χ1) is 23.2. The first-order valence-electron chi connectivity index (χ1n) is 15.6. The molecule has 10 rings (SSSR count). The highest BCUT2D eigenvalue weighted by Crippen LogP contribution is 2.41. The third kappa shape index (κ3) is 3.83. The van der Waals surface area contributed by atoms with Gasteiger partial charge in [-0.1, -0.05) is 66.7 Å². The lowest BCUT2D eigenvalue weighted by molar-refractivity contribution is 1.17. The third-order valence-corrected chi connectivity index (χ3v) is 10.5. The van der Waals surface area contributed by atoms with Crippen molar-refractivity contribution < 1.29 is 0 Å². The maximum absolute atomic E-state index is 8.00. The molecule has 0 saturated heterocycles. The molecule has 218 valence electrons. The molecule has 6 aromatic carbocycles. The molecule has 5 heteroatoms. The number of nitrogens with zero attached hydrogens (tertiary/aromatic N) is 4. The minimum atomic E-state index is 0.609. The van der Waals surface area contributed by atoms with Gasteiger partial charge >= 0.3 is 0 Å². The van der Waals surface area contributed by atoms with E-state index in [1.807, 2.05) is 35.9 Å². The Morgan fingerprint density at radius 1 is 0.489 bits per heavy atom. The molecule has 0 aliphatic rings. The number of thiophene rings is 1. The maximum Gasteiger partial charge on any atom is 0.189 e. The van der Waals surface area contributed by atoms with Gasteiger partial charge in [-0.15, -0.1) is 11.3 Å². The Balaban J connectivity index is 1.20.